The summed E-state index contributed by atoms with van der Waals surface area (Å²) in [7, 11) is 0. The highest BCUT2D eigenvalue weighted by Gasteiger charge is 2.22. The molecule has 0 aliphatic rings. The Bertz CT molecular complexity index is 356. The minimum atomic E-state index is -0.591. The van der Waals surface area contributed by atoms with Crippen LogP contribution in [-0.2, 0) is 9.59 Å². The molecule has 0 aromatic carbocycles. The zero-order valence-electron chi connectivity index (χ0n) is 13.4. The van der Waals surface area contributed by atoms with E-state index in [9.17, 15) is 14.4 Å². The van der Waals surface area contributed by atoms with Crippen LogP contribution in [0.15, 0.2) is 0 Å². The van der Waals surface area contributed by atoms with Gasteiger partial charge in [0.05, 0.1) is 12.6 Å². The van der Waals surface area contributed by atoms with Crippen LogP contribution < -0.4 is 21.7 Å². The number of ketones is 1. The van der Waals surface area contributed by atoms with Crippen LogP contribution in [0.5, 0.6) is 0 Å². The monoisotopic (exact) mass is 300 g/mol. The van der Waals surface area contributed by atoms with Crippen molar-refractivity contribution in [2.75, 3.05) is 13.1 Å². The quantitative estimate of drug-likeness (QED) is 0.430. The number of nitrogens with one attached hydrogen (secondary N) is 3. The molecule has 21 heavy (non-hydrogen) atoms. The molecule has 3 amide bonds. The Balaban J connectivity index is 4.35. The molecule has 0 saturated heterocycles. The summed E-state index contributed by atoms with van der Waals surface area (Å²) in [5.41, 5.74) is 4.97. The molecular formula is C14H28N4O3. The molecule has 7 heteroatoms. The van der Waals surface area contributed by atoms with E-state index in [-0.39, 0.29) is 30.2 Å². The zero-order chi connectivity index (χ0) is 16.4. The van der Waals surface area contributed by atoms with Gasteiger partial charge in [0.15, 0.2) is 5.78 Å². The van der Waals surface area contributed by atoms with Crippen LogP contribution in [0.25, 0.3) is 0 Å². The maximum Gasteiger partial charge on any atom is 0.312 e. The first-order chi connectivity index (χ1) is 9.73. The number of rotatable bonds is 10. The molecule has 0 bridgehead atoms. The number of primary amides is 1. The highest BCUT2D eigenvalue weighted by Crippen LogP contribution is 2.06. The van der Waals surface area contributed by atoms with Crippen LogP contribution in [0.3, 0.4) is 0 Å². The molecule has 0 aliphatic heterocycles. The second-order valence-corrected chi connectivity index (χ2v) is 5.65. The molecular weight excluding hydrogens is 272 g/mol. The average molecular weight is 300 g/mol. The Labute approximate surface area is 126 Å². The van der Waals surface area contributed by atoms with Gasteiger partial charge in [-0.3, -0.25) is 9.59 Å². The molecule has 0 aromatic rings. The third-order valence-corrected chi connectivity index (χ3v) is 2.89. The van der Waals surface area contributed by atoms with Gasteiger partial charge in [-0.15, -0.1) is 0 Å². The van der Waals surface area contributed by atoms with Gasteiger partial charge in [0.2, 0.25) is 5.91 Å². The van der Waals surface area contributed by atoms with E-state index >= 15 is 0 Å². The van der Waals surface area contributed by atoms with Gasteiger partial charge in [-0.25, -0.2) is 4.79 Å². The van der Waals surface area contributed by atoms with Crippen molar-refractivity contribution in [3.05, 3.63) is 0 Å². The van der Waals surface area contributed by atoms with Crippen molar-refractivity contribution >= 4 is 17.7 Å². The molecule has 0 fully saturated rings. The van der Waals surface area contributed by atoms with Gasteiger partial charge < -0.3 is 21.7 Å². The number of carbonyl (C=O) groups is 3. The summed E-state index contributed by atoms with van der Waals surface area (Å²) in [5.74, 6) is -0.366. The fourth-order valence-electron chi connectivity index (χ4n) is 1.75. The number of hydrogen-bond acceptors (Lipinski definition) is 4. The van der Waals surface area contributed by atoms with E-state index < -0.39 is 12.1 Å². The first-order valence-electron chi connectivity index (χ1n) is 7.33. The Morgan fingerprint density at radius 2 is 1.71 bits per heavy atom. The predicted octanol–water partition coefficient (Wildman–Crippen LogP) is 0.143. The predicted molar refractivity (Wildman–Crippen MR) is 81.7 cm³/mol. The lowest BCUT2D eigenvalue weighted by atomic mass is 9.98. The summed E-state index contributed by atoms with van der Waals surface area (Å²) in [4.78, 5) is 34.5. The minimum absolute atomic E-state index is 0.00743. The van der Waals surface area contributed by atoms with Crippen LogP contribution in [0.2, 0.25) is 0 Å². The van der Waals surface area contributed by atoms with Crippen LogP contribution in [0, 0.1) is 5.92 Å². The van der Waals surface area contributed by atoms with Gasteiger partial charge in [-0.05, 0) is 12.8 Å². The van der Waals surface area contributed by atoms with Crippen molar-refractivity contribution in [1.82, 2.24) is 16.0 Å². The van der Waals surface area contributed by atoms with Crippen molar-refractivity contribution in [3.63, 3.8) is 0 Å². The molecule has 0 saturated carbocycles. The van der Waals surface area contributed by atoms with E-state index in [2.05, 4.69) is 16.0 Å². The minimum Gasteiger partial charge on any atom is -0.352 e. The lowest BCUT2D eigenvalue weighted by Crippen LogP contribution is -2.47. The Morgan fingerprint density at radius 1 is 1.10 bits per heavy atom. The second kappa shape index (κ2) is 10.1. The fraction of sp³-hybridized carbons (Fsp3) is 0.786. The van der Waals surface area contributed by atoms with E-state index in [1.165, 1.54) is 0 Å². The van der Waals surface area contributed by atoms with E-state index in [0.717, 1.165) is 0 Å². The number of Topliss-reactive ketones (excluding diaryl/α,β-unsaturated/α-hetero) is 1. The normalized spacial score (nSPS) is 12.3. The number of amides is 3. The summed E-state index contributed by atoms with van der Waals surface area (Å²) < 4.78 is 0. The summed E-state index contributed by atoms with van der Waals surface area (Å²) in [6, 6.07) is -0.914. The number of urea groups is 1. The molecule has 5 N–H and O–H groups in total. The Morgan fingerprint density at radius 3 is 2.19 bits per heavy atom. The van der Waals surface area contributed by atoms with Gasteiger partial charge >= 0.3 is 6.03 Å². The topological polar surface area (TPSA) is 113 Å². The first-order valence-corrected chi connectivity index (χ1v) is 7.33. The first kappa shape index (κ1) is 19.4. The van der Waals surface area contributed by atoms with Crippen molar-refractivity contribution in [3.8, 4) is 0 Å². The number of hydrogen-bond donors (Lipinski definition) is 4. The lowest BCUT2D eigenvalue weighted by molar-refractivity contribution is -0.129. The molecule has 0 rings (SSSR count). The summed E-state index contributed by atoms with van der Waals surface area (Å²) >= 11 is 0. The van der Waals surface area contributed by atoms with Gasteiger partial charge in [-0.1, -0.05) is 27.7 Å². The molecule has 7 nitrogen and oxygen atoms in total. The van der Waals surface area contributed by atoms with E-state index in [0.29, 0.717) is 19.4 Å². The molecule has 1 atom stereocenters. The SMILES string of the molecule is CC(C)NCC(=O)NC(CCCNC(N)=O)C(=O)C(C)C. The standard InChI is InChI=1S/C14H28N4O3/c1-9(2)13(20)11(6-5-7-16-14(15)21)18-12(19)8-17-10(3)4/h9-11,17H,5-8H2,1-4H3,(H,18,19)(H3,15,16,21). The zero-order valence-corrected chi connectivity index (χ0v) is 13.4. The third-order valence-electron chi connectivity index (χ3n) is 2.89. The molecule has 1 unspecified atom stereocenters. The maximum absolute atomic E-state index is 12.1. The molecule has 0 aromatic heterocycles. The second-order valence-electron chi connectivity index (χ2n) is 5.65. The summed E-state index contributed by atoms with van der Waals surface area (Å²) in [6.07, 6.45) is 1.05. The summed E-state index contributed by atoms with van der Waals surface area (Å²) in [6.45, 7) is 8.06. The van der Waals surface area contributed by atoms with Crippen molar-refractivity contribution in [2.45, 2.75) is 52.6 Å². The van der Waals surface area contributed by atoms with Crippen LogP contribution in [0.4, 0.5) is 4.79 Å². The average Bonchev–Trinajstić information content (AvgIpc) is 2.38. The third kappa shape index (κ3) is 9.84. The van der Waals surface area contributed by atoms with Crippen LogP contribution >= 0.6 is 0 Å². The highest BCUT2D eigenvalue weighted by molar-refractivity contribution is 5.90. The van der Waals surface area contributed by atoms with Crippen LogP contribution in [0.1, 0.15) is 40.5 Å². The van der Waals surface area contributed by atoms with E-state index in [1.54, 1.807) is 13.8 Å². The molecule has 0 spiro atoms. The Kier molecular flexibility index (Phi) is 9.36. The van der Waals surface area contributed by atoms with Gasteiger partial charge in [0, 0.05) is 18.5 Å². The van der Waals surface area contributed by atoms with Gasteiger partial charge in [0.25, 0.3) is 0 Å². The van der Waals surface area contributed by atoms with Crippen LogP contribution in [-0.4, -0.2) is 42.9 Å². The van der Waals surface area contributed by atoms with Crippen molar-refractivity contribution in [2.24, 2.45) is 11.7 Å². The molecule has 0 radical (unpaired) electrons. The van der Waals surface area contributed by atoms with Gasteiger partial charge in [-0.2, -0.15) is 0 Å². The highest BCUT2D eigenvalue weighted by atomic mass is 16.2. The largest absolute Gasteiger partial charge is 0.352 e. The molecule has 0 aliphatic carbocycles. The Hall–Kier alpha value is -1.63. The van der Waals surface area contributed by atoms with Crippen molar-refractivity contribution < 1.29 is 14.4 Å². The molecule has 122 valence electrons. The van der Waals surface area contributed by atoms with Crippen molar-refractivity contribution in [1.29, 1.82) is 0 Å². The van der Waals surface area contributed by atoms with E-state index in [1.807, 2.05) is 13.8 Å². The number of carbonyl (C=O) groups excluding carboxylic acids is 3. The molecule has 0 heterocycles. The lowest BCUT2D eigenvalue weighted by Gasteiger charge is -2.20. The fourth-order valence-corrected chi connectivity index (χ4v) is 1.75. The number of nitrogens with two attached hydrogens (primary N) is 1. The van der Waals surface area contributed by atoms with E-state index in [4.69, 9.17) is 5.73 Å². The smallest absolute Gasteiger partial charge is 0.312 e. The maximum atomic E-state index is 12.1. The summed E-state index contributed by atoms with van der Waals surface area (Å²) in [5, 5.41) is 8.22. The van der Waals surface area contributed by atoms with Gasteiger partial charge in [0.1, 0.15) is 0 Å².